The third-order valence-corrected chi connectivity index (χ3v) is 8.17. The Morgan fingerprint density at radius 2 is 1.85 bits per heavy atom. The van der Waals surface area contributed by atoms with Gasteiger partial charge in [0.15, 0.2) is 0 Å². The second-order valence-electron chi connectivity index (χ2n) is 10.1. The lowest BCUT2D eigenvalue weighted by molar-refractivity contribution is -0.122. The zero-order valence-electron chi connectivity index (χ0n) is 22.2. The highest BCUT2D eigenvalue weighted by Gasteiger charge is 2.33. The van der Waals surface area contributed by atoms with Gasteiger partial charge in [-0.3, -0.25) is 14.5 Å². The molecule has 1 amide bonds. The minimum Gasteiger partial charge on any atom is -0.493 e. The molecule has 0 aromatic heterocycles. The van der Waals surface area contributed by atoms with Crippen LogP contribution in [0.25, 0.3) is 0 Å². The lowest BCUT2D eigenvalue weighted by Crippen LogP contribution is -2.37. The van der Waals surface area contributed by atoms with E-state index in [1.807, 2.05) is 13.0 Å². The number of amides is 1. The van der Waals surface area contributed by atoms with Crippen molar-refractivity contribution in [3.8, 4) is 5.75 Å². The average Bonchev–Trinajstić information content (AvgIpc) is 3.69. The standard InChI is InChI=1S/C28H34Cl2F2N2O2.CH2O2/c1-3-24(29)23(25(30)4-2)16-33-10-7-18(8-11-33)17-36-27-14-26(32)22(13-21(27)19-5-6-19)28(35)34-12-9-20(31)15-34;2-1-3/h3-4,13-14,18-20H,1,5-12,15-17H2,2H3;1H,(H,2,3)/b24-23+,25-4+;. The Kier molecular flexibility index (Phi) is 11.8. The fraction of sp³-hybridized carbons (Fsp3) is 0.517. The van der Waals surface area contributed by atoms with Gasteiger partial charge in [-0.05, 0) is 75.6 Å². The van der Waals surface area contributed by atoms with Gasteiger partial charge in [-0.2, -0.15) is 0 Å². The Hall–Kier alpha value is -2.42. The van der Waals surface area contributed by atoms with Crippen molar-refractivity contribution in [2.24, 2.45) is 5.92 Å². The van der Waals surface area contributed by atoms with Crippen molar-refractivity contribution in [2.45, 2.75) is 51.1 Å². The molecule has 1 saturated carbocycles. The van der Waals surface area contributed by atoms with E-state index in [-0.39, 0.29) is 24.5 Å². The zero-order valence-corrected chi connectivity index (χ0v) is 23.7. The van der Waals surface area contributed by atoms with Crippen LogP contribution >= 0.6 is 23.2 Å². The summed E-state index contributed by atoms with van der Waals surface area (Å²) < 4.78 is 34.7. The van der Waals surface area contributed by atoms with Crippen LogP contribution < -0.4 is 4.74 Å². The van der Waals surface area contributed by atoms with Gasteiger partial charge in [0.2, 0.25) is 0 Å². The molecular formula is C29H36Cl2F2N2O4. The minimum absolute atomic E-state index is 0.0218. The van der Waals surface area contributed by atoms with Crippen LogP contribution in [0.1, 0.15) is 60.9 Å². The van der Waals surface area contributed by atoms with E-state index in [1.54, 1.807) is 12.1 Å². The first kappa shape index (κ1) is 31.1. The summed E-state index contributed by atoms with van der Waals surface area (Å²) in [5.74, 6) is 0.134. The summed E-state index contributed by atoms with van der Waals surface area (Å²) in [6.45, 7) is 8.67. The second kappa shape index (κ2) is 14.8. The second-order valence-corrected chi connectivity index (χ2v) is 10.9. The van der Waals surface area contributed by atoms with E-state index < -0.39 is 17.9 Å². The van der Waals surface area contributed by atoms with Gasteiger partial charge in [0, 0.05) is 34.8 Å². The largest absolute Gasteiger partial charge is 0.493 e. The Balaban J connectivity index is 0.00000134. The molecule has 0 spiro atoms. The molecular weight excluding hydrogens is 549 g/mol. The highest BCUT2D eigenvalue weighted by Crippen LogP contribution is 2.45. The maximum atomic E-state index is 15.0. The van der Waals surface area contributed by atoms with Crippen LogP contribution in [0.2, 0.25) is 0 Å². The van der Waals surface area contributed by atoms with Crippen LogP contribution in [0.5, 0.6) is 5.75 Å². The van der Waals surface area contributed by atoms with Gasteiger partial charge in [0.1, 0.15) is 17.7 Å². The van der Waals surface area contributed by atoms with Gasteiger partial charge in [0.05, 0.1) is 18.7 Å². The molecule has 1 aromatic rings. The van der Waals surface area contributed by atoms with Crippen LogP contribution in [-0.2, 0) is 4.79 Å². The molecule has 1 unspecified atom stereocenters. The molecule has 0 radical (unpaired) electrons. The zero-order chi connectivity index (χ0) is 28.5. The number of hydrogen-bond donors (Lipinski definition) is 1. The highest BCUT2D eigenvalue weighted by molar-refractivity contribution is 6.36. The predicted molar refractivity (Wildman–Crippen MR) is 150 cm³/mol. The maximum absolute atomic E-state index is 15.0. The van der Waals surface area contributed by atoms with E-state index >= 15 is 0 Å². The molecule has 2 saturated heterocycles. The highest BCUT2D eigenvalue weighted by atomic mass is 35.5. The number of halogens is 4. The lowest BCUT2D eigenvalue weighted by atomic mass is 9.97. The molecule has 39 heavy (non-hydrogen) atoms. The van der Waals surface area contributed by atoms with Crippen molar-refractivity contribution in [3.63, 3.8) is 0 Å². The summed E-state index contributed by atoms with van der Waals surface area (Å²) in [5, 5.41) is 8.09. The first-order chi connectivity index (χ1) is 18.7. The number of allylic oxidation sites excluding steroid dienone is 3. The number of ether oxygens (including phenoxy) is 1. The van der Waals surface area contributed by atoms with E-state index in [0.29, 0.717) is 47.8 Å². The molecule has 0 bridgehead atoms. The SMILES string of the molecule is C=C/C(Cl)=C(CN1CCC(COc2cc(F)c(C(=O)N3CCC(F)C3)cc2C2CC2)CC1)\C(Cl)=C/C.O=CO. The van der Waals surface area contributed by atoms with Gasteiger partial charge < -0.3 is 14.7 Å². The Labute approximate surface area is 238 Å². The molecule has 10 heteroatoms. The number of carbonyl (C=O) groups is 2. The number of carboxylic acid groups (broad SMARTS) is 1. The van der Waals surface area contributed by atoms with Gasteiger partial charge in [0.25, 0.3) is 12.4 Å². The van der Waals surface area contributed by atoms with Crippen molar-refractivity contribution in [1.82, 2.24) is 9.80 Å². The molecule has 3 aliphatic rings. The van der Waals surface area contributed by atoms with Crippen LogP contribution in [0, 0.1) is 11.7 Å². The van der Waals surface area contributed by atoms with Crippen molar-refractivity contribution >= 4 is 35.6 Å². The molecule has 214 valence electrons. The topological polar surface area (TPSA) is 70.1 Å². The Morgan fingerprint density at radius 3 is 2.38 bits per heavy atom. The number of rotatable bonds is 9. The lowest BCUT2D eigenvalue weighted by Gasteiger charge is -2.32. The number of carbonyl (C=O) groups excluding carboxylic acids is 1. The summed E-state index contributed by atoms with van der Waals surface area (Å²) in [6, 6.07) is 2.99. The average molecular weight is 586 g/mol. The quantitative estimate of drug-likeness (QED) is 0.265. The van der Waals surface area contributed by atoms with Crippen molar-refractivity contribution in [1.29, 1.82) is 0 Å². The summed E-state index contributed by atoms with van der Waals surface area (Å²) in [5.41, 5.74) is 1.79. The smallest absolute Gasteiger partial charge is 0.290 e. The third kappa shape index (κ3) is 8.53. The third-order valence-electron chi connectivity index (χ3n) is 7.34. The van der Waals surface area contributed by atoms with Crippen LogP contribution in [0.4, 0.5) is 8.78 Å². The molecule has 1 N–H and O–H groups in total. The number of alkyl halides is 1. The van der Waals surface area contributed by atoms with Crippen LogP contribution in [-0.4, -0.2) is 72.8 Å². The van der Waals surface area contributed by atoms with E-state index in [0.717, 1.165) is 49.9 Å². The van der Waals surface area contributed by atoms with Gasteiger partial charge in [-0.25, -0.2) is 8.78 Å². The molecule has 2 heterocycles. The monoisotopic (exact) mass is 584 g/mol. The van der Waals surface area contributed by atoms with Gasteiger partial charge in [-0.15, -0.1) is 0 Å². The number of hydrogen-bond acceptors (Lipinski definition) is 4. The molecule has 4 rings (SSSR count). The minimum atomic E-state index is -1.03. The summed E-state index contributed by atoms with van der Waals surface area (Å²) in [7, 11) is 0. The molecule has 1 atom stereocenters. The van der Waals surface area contributed by atoms with Crippen molar-refractivity contribution < 1.29 is 28.2 Å². The Morgan fingerprint density at radius 1 is 1.18 bits per heavy atom. The van der Waals surface area contributed by atoms with E-state index in [2.05, 4.69) is 11.5 Å². The van der Waals surface area contributed by atoms with Gasteiger partial charge >= 0.3 is 0 Å². The fourth-order valence-electron chi connectivity index (χ4n) is 4.95. The number of benzene rings is 1. The normalized spacial score (nSPS) is 21.1. The molecule has 1 aliphatic carbocycles. The van der Waals surface area contributed by atoms with Gasteiger partial charge in [-0.1, -0.05) is 41.9 Å². The summed E-state index contributed by atoms with van der Waals surface area (Å²) >= 11 is 12.7. The molecule has 3 fully saturated rings. The number of likely N-dealkylation sites (tertiary alicyclic amines) is 2. The van der Waals surface area contributed by atoms with Crippen LogP contribution in [0.3, 0.4) is 0 Å². The van der Waals surface area contributed by atoms with E-state index in [1.165, 1.54) is 11.0 Å². The molecule has 2 aliphatic heterocycles. The summed E-state index contributed by atoms with van der Waals surface area (Å²) in [6.07, 6.45) is 6.63. The summed E-state index contributed by atoms with van der Waals surface area (Å²) in [4.78, 5) is 24.9. The molecule has 6 nitrogen and oxygen atoms in total. The molecule has 1 aromatic carbocycles. The number of nitrogens with zero attached hydrogens (tertiary/aromatic N) is 2. The van der Waals surface area contributed by atoms with Crippen molar-refractivity contribution in [3.05, 3.63) is 63.4 Å². The van der Waals surface area contributed by atoms with E-state index in [4.69, 9.17) is 37.8 Å². The first-order valence-corrected chi connectivity index (χ1v) is 14.0. The van der Waals surface area contributed by atoms with Crippen LogP contribution in [0.15, 0.2) is 46.5 Å². The van der Waals surface area contributed by atoms with E-state index in [9.17, 15) is 13.6 Å². The number of piperidine rings is 1. The maximum Gasteiger partial charge on any atom is 0.290 e. The van der Waals surface area contributed by atoms with Crippen molar-refractivity contribution in [2.75, 3.05) is 39.3 Å². The predicted octanol–water partition coefficient (Wildman–Crippen LogP) is 6.50. The Bertz CT molecular complexity index is 1100. The first-order valence-electron chi connectivity index (χ1n) is 13.2. The fourth-order valence-corrected chi connectivity index (χ4v) is 5.32.